The normalized spacial score (nSPS) is 9.79. The summed E-state index contributed by atoms with van der Waals surface area (Å²) >= 11 is 0. The molecule has 0 fully saturated rings. The second kappa shape index (κ2) is 6.87. The van der Waals surface area contributed by atoms with Gasteiger partial charge >= 0.3 is 0 Å². The Bertz CT molecular complexity index is 432. The largest absolute Gasteiger partial charge is 0.497 e. The number of nitrogens with zero attached hydrogens (tertiary/aromatic N) is 3. The van der Waals surface area contributed by atoms with E-state index in [1.165, 1.54) is 0 Å². The zero-order chi connectivity index (χ0) is 14.4. The first-order valence-electron chi connectivity index (χ1n) is 6.09. The van der Waals surface area contributed by atoms with Crippen molar-refractivity contribution in [1.82, 2.24) is 9.80 Å². The van der Waals surface area contributed by atoms with Gasteiger partial charge in [-0.25, -0.2) is 4.99 Å². The molecule has 0 heterocycles. The van der Waals surface area contributed by atoms with Crippen LogP contribution in [0.2, 0.25) is 0 Å². The van der Waals surface area contributed by atoms with Crippen molar-refractivity contribution in [2.75, 3.05) is 42.4 Å². The number of hydrogen-bond acceptors (Lipinski definition) is 3. The highest BCUT2D eigenvalue weighted by atomic mass is 16.5. The fourth-order valence-electron chi connectivity index (χ4n) is 1.84. The number of guanidine groups is 1. The molecule has 106 valence electrons. The topological polar surface area (TPSA) is 37.3 Å². The molecule has 0 atom stereocenters. The molecular formula is C14H23N3O2. The molecule has 0 radical (unpaired) electrons. The highest BCUT2D eigenvalue weighted by molar-refractivity contribution is 5.79. The van der Waals surface area contributed by atoms with Gasteiger partial charge in [0.25, 0.3) is 0 Å². The quantitative estimate of drug-likeness (QED) is 0.613. The average molecular weight is 265 g/mol. The SMILES string of the molecule is COc1ccc(OC)c(CN=C(N(C)C)N(C)C)c1. The van der Waals surface area contributed by atoms with Gasteiger partial charge in [-0.2, -0.15) is 0 Å². The molecule has 0 unspecified atom stereocenters. The van der Waals surface area contributed by atoms with Crippen LogP contribution in [-0.4, -0.2) is 58.2 Å². The predicted octanol–water partition coefficient (Wildman–Crippen LogP) is 1.68. The van der Waals surface area contributed by atoms with E-state index in [1.54, 1.807) is 14.2 Å². The molecule has 1 rings (SSSR count). The lowest BCUT2D eigenvalue weighted by Gasteiger charge is -2.22. The molecule has 0 aromatic heterocycles. The lowest BCUT2D eigenvalue weighted by molar-refractivity contribution is 0.398. The van der Waals surface area contributed by atoms with Crippen LogP contribution in [-0.2, 0) is 6.54 Å². The van der Waals surface area contributed by atoms with Gasteiger partial charge in [0.15, 0.2) is 5.96 Å². The van der Waals surface area contributed by atoms with E-state index in [0.29, 0.717) is 6.54 Å². The fourth-order valence-corrected chi connectivity index (χ4v) is 1.84. The maximum absolute atomic E-state index is 5.35. The highest BCUT2D eigenvalue weighted by Crippen LogP contribution is 2.24. The Kier molecular flexibility index (Phi) is 5.48. The first-order valence-corrected chi connectivity index (χ1v) is 6.09. The van der Waals surface area contributed by atoms with Crippen LogP contribution in [0.1, 0.15) is 5.56 Å². The second-order valence-corrected chi connectivity index (χ2v) is 4.58. The van der Waals surface area contributed by atoms with Gasteiger partial charge in [0.05, 0.1) is 20.8 Å². The van der Waals surface area contributed by atoms with E-state index >= 15 is 0 Å². The number of rotatable bonds is 4. The summed E-state index contributed by atoms with van der Waals surface area (Å²) in [5, 5.41) is 0. The molecule has 0 N–H and O–H groups in total. The summed E-state index contributed by atoms with van der Waals surface area (Å²) in [5.41, 5.74) is 1.00. The van der Waals surface area contributed by atoms with Crippen LogP contribution in [0.15, 0.2) is 23.2 Å². The van der Waals surface area contributed by atoms with Crippen LogP contribution in [0.25, 0.3) is 0 Å². The van der Waals surface area contributed by atoms with Crippen molar-refractivity contribution in [3.8, 4) is 11.5 Å². The summed E-state index contributed by atoms with van der Waals surface area (Å²) in [6.07, 6.45) is 0. The molecule has 0 aliphatic rings. The Morgan fingerprint density at radius 1 is 1.05 bits per heavy atom. The highest BCUT2D eigenvalue weighted by Gasteiger charge is 2.07. The van der Waals surface area contributed by atoms with Gasteiger partial charge in [0.2, 0.25) is 0 Å². The van der Waals surface area contributed by atoms with E-state index < -0.39 is 0 Å². The Labute approximate surface area is 115 Å². The standard InChI is InChI=1S/C14H23N3O2/c1-16(2)14(17(3)4)15-10-11-9-12(18-5)7-8-13(11)19-6/h7-9H,10H2,1-6H3. The molecule has 1 aromatic carbocycles. The van der Waals surface area contributed by atoms with Gasteiger partial charge in [-0.1, -0.05) is 0 Å². The monoisotopic (exact) mass is 265 g/mol. The van der Waals surface area contributed by atoms with Crippen molar-refractivity contribution in [1.29, 1.82) is 0 Å². The Morgan fingerprint density at radius 3 is 2.16 bits per heavy atom. The van der Waals surface area contributed by atoms with Crippen LogP contribution in [0.3, 0.4) is 0 Å². The van der Waals surface area contributed by atoms with Crippen molar-refractivity contribution in [3.63, 3.8) is 0 Å². The lowest BCUT2D eigenvalue weighted by Crippen LogP contribution is -2.35. The molecular weight excluding hydrogens is 242 g/mol. The van der Waals surface area contributed by atoms with Crippen molar-refractivity contribution < 1.29 is 9.47 Å². The summed E-state index contributed by atoms with van der Waals surface area (Å²) in [6.45, 7) is 0.548. The molecule has 0 saturated carbocycles. The van der Waals surface area contributed by atoms with Gasteiger partial charge in [0, 0.05) is 33.8 Å². The summed E-state index contributed by atoms with van der Waals surface area (Å²) in [6, 6.07) is 5.73. The van der Waals surface area contributed by atoms with Crippen molar-refractivity contribution in [3.05, 3.63) is 23.8 Å². The minimum Gasteiger partial charge on any atom is -0.497 e. The first kappa shape index (κ1) is 15.1. The molecule has 0 saturated heterocycles. The number of benzene rings is 1. The first-order chi connectivity index (χ1) is 8.99. The Morgan fingerprint density at radius 2 is 1.68 bits per heavy atom. The molecule has 5 nitrogen and oxygen atoms in total. The summed E-state index contributed by atoms with van der Waals surface area (Å²) in [5.74, 6) is 2.54. The molecule has 1 aromatic rings. The summed E-state index contributed by atoms with van der Waals surface area (Å²) in [4.78, 5) is 8.57. The van der Waals surface area contributed by atoms with Crippen LogP contribution < -0.4 is 9.47 Å². The zero-order valence-electron chi connectivity index (χ0n) is 12.6. The molecule has 0 amide bonds. The number of hydrogen-bond donors (Lipinski definition) is 0. The maximum atomic E-state index is 5.35. The van der Waals surface area contributed by atoms with E-state index in [0.717, 1.165) is 23.0 Å². The van der Waals surface area contributed by atoms with E-state index in [9.17, 15) is 0 Å². The van der Waals surface area contributed by atoms with E-state index in [2.05, 4.69) is 4.99 Å². The van der Waals surface area contributed by atoms with Crippen LogP contribution >= 0.6 is 0 Å². The molecule has 0 aliphatic heterocycles. The lowest BCUT2D eigenvalue weighted by atomic mass is 10.2. The number of aliphatic imine (C=N–C) groups is 1. The molecule has 5 heteroatoms. The van der Waals surface area contributed by atoms with Crippen LogP contribution in [0.5, 0.6) is 11.5 Å². The third-order valence-corrected chi connectivity index (χ3v) is 2.68. The average Bonchev–Trinajstić information content (AvgIpc) is 2.37. The van der Waals surface area contributed by atoms with Gasteiger partial charge in [-0.3, -0.25) is 0 Å². The Hall–Kier alpha value is -1.91. The van der Waals surface area contributed by atoms with Crippen LogP contribution in [0.4, 0.5) is 0 Å². The number of ether oxygens (including phenoxy) is 2. The van der Waals surface area contributed by atoms with Crippen molar-refractivity contribution in [2.24, 2.45) is 4.99 Å². The van der Waals surface area contributed by atoms with Crippen molar-refractivity contribution >= 4 is 5.96 Å². The number of methoxy groups -OCH3 is 2. The van der Waals surface area contributed by atoms with E-state index in [1.807, 2.05) is 56.2 Å². The van der Waals surface area contributed by atoms with Crippen molar-refractivity contribution in [2.45, 2.75) is 6.54 Å². The van der Waals surface area contributed by atoms with Gasteiger partial charge in [0.1, 0.15) is 11.5 Å². The second-order valence-electron chi connectivity index (χ2n) is 4.58. The minimum absolute atomic E-state index is 0.548. The maximum Gasteiger partial charge on any atom is 0.195 e. The van der Waals surface area contributed by atoms with E-state index in [-0.39, 0.29) is 0 Å². The summed E-state index contributed by atoms with van der Waals surface area (Å²) < 4.78 is 10.6. The zero-order valence-corrected chi connectivity index (χ0v) is 12.6. The van der Waals surface area contributed by atoms with Gasteiger partial charge in [-0.15, -0.1) is 0 Å². The fraction of sp³-hybridized carbons (Fsp3) is 0.500. The summed E-state index contributed by atoms with van der Waals surface area (Å²) in [7, 11) is 11.2. The Balaban J connectivity index is 3.00. The van der Waals surface area contributed by atoms with E-state index in [4.69, 9.17) is 9.47 Å². The smallest absolute Gasteiger partial charge is 0.195 e. The molecule has 0 spiro atoms. The van der Waals surface area contributed by atoms with Gasteiger partial charge < -0.3 is 19.3 Å². The minimum atomic E-state index is 0.548. The third kappa shape index (κ3) is 4.05. The molecule has 0 bridgehead atoms. The van der Waals surface area contributed by atoms with Crippen LogP contribution in [0, 0.1) is 0 Å². The molecule has 0 aliphatic carbocycles. The van der Waals surface area contributed by atoms with Gasteiger partial charge in [-0.05, 0) is 18.2 Å². The predicted molar refractivity (Wildman–Crippen MR) is 78.1 cm³/mol. The third-order valence-electron chi connectivity index (χ3n) is 2.68. The molecule has 19 heavy (non-hydrogen) atoms.